The van der Waals surface area contributed by atoms with Crippen molar-refractivity contribution in [3.8, 4) is 5.75 Å². The first-order valence-corrected chi connectivity index (χ1v) is 11.5. The number of halogens is 3. The number of hydrogen-bond acceptors (Lipinski definition) is 5. The van der Waals surface area contributed by atoms with Crippen LogP contribution in [0.3, 0.4) is 0 Å². The minimum atomic E-state index is -0.689. The number of rotatable bonds is 7. The average Bonchev–Trinajstić information content (AvgIpc) is 3.59. The lowest BCUT2D eigenvalue weighted by molar-refractivity contribution is 0.0393. The van der Waals surface area contributed by atoms with Crippen LogP contribution in [0.4, 0.5) is 4.39 Å². The van der Waals surface area contributed by atoms with Crippen molar-refractivity contribution in [2.75, 3.05) is 26.8 Å². The number of hydrogen-bond donors (Lipinski definition) is 1. The van der Waals surface area contributed by atoms with Gasteiger partial charge in [-0.15, -0.1) is 0 Å². The predicted octanol–water partition coefficient (Wildman–Crippen LogP) is 5.37. The fraction of sp³-hybridized carbons (Fsp3) is 0.458. The number of benzene rings is 2. The summed E-state index contributed by atoms with van der Waals surface area (Å²) >= 11 is 12.3. The van der Waals surface area contributed by atoms with Crippen LogP contribution in [0.25, 0.3) is 0 Å². The maximum Gasteiger partial charge on any atom is 0.340 e. The summed E-state index contributed by atoms with van der Waals surface area (Å²) < 4.78 is 25.6. The summed E-state index contributed by atoms with van der Waals surface area (Å²) in [6.07, 6.45) is 3.49. The largest absolute Gasteiger partial charge is 0.489 e. The fourth-order valence-corrected chi connectivity index (χ4v) is 4.92. The van der Waals surface area contributed by atoms with Gasteiger partial charge in [-0.2, -0.15) is 0 Å². The predicted molar refractivity (Wildman–Crippen MR) is 121 cm³/mol. The first kappa shape index (κ1) is 23.3. The zero-order valence-corrected chi connectivity index (χ0v) is 19.3. The third kappa shape index (κ3) is 5.20. The number of piperidine rings is 1. The minimum absolute atomic E-state index is 0.0646. The molecule has 0 spiro atoms. The van der Waals surface area contributed by atoms with Crippen LogP contribution in [0.2, 0.25) is 10.0 Å². The van der Waals surface area contributed by atoms with Crippen molar-refractivity contribution in [2.24, 2.45) is 0 Å². The van der Waals surface area contributed by atoms with E-state index in [1.165, 1.54) is 13.2 Å². The van der Waals surface area contributed by atoms with Gasteiger partial charge >= 0.3 is 5.97 Å². The Hall–Kier alpha value is -1.86. The van der Waals surface area contributed by atoms with Crippen LogP contribution in [-0.2, 0) is 4.74 Å². The van der Waals surface area contributed by atoms with Crippen LogP contribution in [0.5, 0.6) is 5.75 Å². The van der Waals surface area contributed by atoms with E-state index in [9.17, 15) is 14.3 Å². The van der Waals surface area contributed by atoms with Crippen molar-refractivity contribution >= 4 is 29.2 Å². The Morgan fingerprint density at radius 2 is 1.91 bits per heavy atom. The van der Waals surface area contributed by atoms with Crippen molar-refractivity contribution in [1.82, 2.24) is 4.90 Å². The van der Waals surface area contributed by atoms with Crippen molar-refractivity contribution in [3.63, 3.8) is 0 Å². The van der Waals surface area contributed by atoms with E-state index < -0.39 is 11.8 Å². The van der Waals surface area contributed by atoms with Gasteiger partial charge in [-0.1, -0.05) is 23.2 Å². The van der Waals surface area contributed by atoms with E-state index in [-0.39, 0.29) is 30.2 Å². The highest BCUT2D eigenvalue weighted by Crippen LogP contribution is 2.45. The molecule has 0 radical (unpaired) electrons. The molecule has 172 valence electrons. The molecule has 0 bridgehead atoms. The number of ether oxygens (including phenoxy) is 2. The van der Waals surface area contributed by atoms with Gasteiger partial charge in [0, 0.05) is 22.7 Å². The van der Waals surface area contributed by atoms with Crippen LogP contribution in [0, 0.1) is 5.82 Å². The first-order valence-electron chi connectivity index (χ1n) is 10.8. The van der Waals surface area contributed by atoms with E-state index in [1.807, 2.05) is 12.1 Å². The Kier molecular flexibility index (Phi) is 7.25. The molecule has 1 saturated carbocycles. The molecule has 1 aliphatic heterocycles. The Morgan fingerprint density at radius 3 is 2.53 bits per heavy atom. The number of esters is 1. The van der Waals surface area contributed by atoms with Gasteiger partial charge in [-0.25, -0.2) is 9.18 Å². The molecule has 2 aromatic carbocycles. The molecule has 2 fully saturated rings. The van der Waals surface area contributed by atoms with Crippen molar-refractivity contribution in [1.29, 1.82) is 0 Å². The molecule has 1 heterocycles. The van der Waals surface area contributed by atoms with Gasteiger partial charge in [-0.3, -0.25) is 4.90 Å². The molecule has 2 atom stereocenters. The van der Waals surface area contributed by atoms with Crippen LogP contribution >= 0.6 is 23.2 Å². The lowest BCUT2D eigenvalue weighted by Gasteiger charge is -2.38. The van der Waals surface area contributed by atoms with Crippen molar-refractivity contribution in [2.45, 2.75) is 43.7 Å². The monoisotopic (exact) mass is 481 g/mol. The molecule has 2 aromatic rings. The highest BCUT2D eigenvalue weighted by atomic mass is 35.5. The van der Waals surface area contributed by atoms with Gasteiger partial charge in [0.25, 0.3) is 0 Å². The summed E-state index contributed by atoms with van der Waals surface area (Å²) in [4.78, 5) is 14.1. The quantitative estimate of drug-likeness (QED) is 0.538. The van der Waals surface area contributed by atoms with Crippen molar-refractivity contribution in [3.05, 3.63) is 62.9 Å². The Morgan fingerprint density at radius 1 is 1.19 bits per heavy atom. The second kappa shape index (κ2) is 9.96. The number of likely N-dealkylation sites (tertiary alicyclic amines) is 1. The normalized spacial score (nSPS) is 20.1. The van der Waals surface area contributed by atoms with E-state index in [2.05, 4.69) is 4.90 Å². The summed E-state index contributed by atoms with van der Waals surface area (Å²) in [5.41, 5.74) is 1.63. The second-order valence-corrected chi connectivity index (χ2v) is 9.29. The SMILES string of the molecule is COC(=O)c1cc(C2CC2)c(OC2CCCN([C@@H](CO)c3cc(Cl)cc(Cl)c3)C2)cc1F. The molecule has 0 amide bonds. The number of aliphatic hydroxyl groups excluding tert-OH is 1. The van der Waals surface area contributed by atoms with Crippen LogP contribution in [0.15, 0.2) is 30.3 Å². The number of carbonyl (C=O) groups excluding carboxylic acids is 1. The van der Waals surface area contributed by atoms with Gasteiger partial charge in [0.05, 0.1) is 25.3 Å². The maximum absolute atomic E-state index is 14.6. The summed E-state index contributed by atoms with van der Waals surface area (Å²) in [5.74, 6) is -0.583. The van der Waals surface area contributed by atoms with Crippen LogP contribution in [0.1, 0.15) is 59.1 Å². The summed E-state index contributed by atoms with van der Waals surface area (Å²) in [6, 6.07) is 7.89. The average molecular weight is 482 g/mol. The van der Waals surface area contributed by atoms with Gasteiger partial charge in [0.2, 0.25) is 0 Å². The van der Waals surface area contributed by atoms with E-state index in [0.29, 0.717) is 22.3 Å². The topological polar surface area (TPSA) is 59.0 Å². The third-order valence-electron chi connectivity index (χ3n) is 6.11. The summed E-state index contributed by atoms with van der Waals surface area (Å²) in [7, 11) is 1.24. The molecule has 1 saturated heterocycles. The van der Waals surface area contributed by atoms with Crippen molar-refractivity contribution < 1.29 is 23.8 Å². The standard InChI is InChI=1S/C24H26Cl2FNO4/c1-31-24(30)20-10-19(14-4-5-14)23(11-21(20)27)32-18-3-2-6-28(12-18)22(13-29)15-7-16(25)9-17(26)8-15/h7-11,14,18,22,29H,2-6,12-13H2,1H3/t18?,22-/m0/s1. The van der Waals surface area contributed by atoms with Gasteiger partial charge in [0.1, 0.15) is 17.7 Å². The Labute approximate surface area is 197 Å². The lowest BCUT2D eigenvalue weighted by atomic mass is 10.0. The maximum atomic E-state index is 14.6. The first-order chi connectivity index (χ1) is 15.4. The molecular formula is C24H26Cl2FNO4. The van der Waals surface area contributed by atoms with Gasteiger partial charge in [0.15, 0.2) is 0 Å². The molecule has 32 heavy (non-hydrogen) atoms. The van der Waals surface area contributed by atoms with E-state index >= 15 is 0 Å². The molecule has 1 aliphatic carbocycles. The van der Waals surface area contributed by atoms with Gasteiger partial charge < -0.3 is 14.6 Å². The fourth-order valence-electron chi connectivity index (χ4n) is 4.38. The van der Waals surface area contributed by atoms with Gasteiger partial charge in [-0.05, 0) is 73.5 Å². The molecular weight excluding hydrogens is 456 g/mol. The minimum Gasteiger partial charge on any atom is -0.489 e. The molecule has 5 nitrogen and oxygen atoms in total. The molecule has 0 aromatic heterocycles. The van der Waals surface area contributed by atoms with Crippen LogP contribution < -0.4 is 4.74 Å². The number of aliphatic hydroxyl groups is 1. The highest BCUT2D eigenvalue weighted by Gasteiger charge is 2.32. The van der Waals surface area contributed by atoms with Crippen LogP contribution in [-0.4, -0.2) is 48.9 Å². The highest BCUT2D eigenvalue weighted by molar-refractivity contribution is 6.34. The zero-order chi connectivity index (χ0) is 22.8. The zero-order valence-electron chi connectivity index (χ0n) is 17.8. The van der Waals surface area contributed by atoms with E-state index in [4.69, 9.17) is 32.7 Å². The second-order valence-electron chi connectivity index (χ2n) is 8.41. The number of nitrogens with zero attached hydrogens (tertiary/aromatic N) is 1. The Bertz CT molecular complexity index is 978. The summed E-state index contributed by atoms with van der Waals surface area (Å²) in [6.45, 7) is 1.28. The molecule has 2 aliphatic rings. The molecule has 8 heteroatoms. The summed E-state index contributed by atoms with van der Waals surface area (Å²) in [5, 5.41) is 11.1. The smallest absolute Gasteiger partial charge is 0.340 e. The van der Waals surface area contributed by atoms with E-state index in [0.717, 1.165) is 43.4 Å². The molecule has 4 rings (SSSR count). The third-order valence-corrected chi connectivity index (χ3v) is 6.54. The number of methoxy groups -OCH3 is 1. The molecule has 1 unspecified atom stereocenters. The number of carbonyl (C=O) groups is 1. The lowest BCUT2D eigenvalue weighted by Crippen LogP contribution is -2.44. The Balaban J connectivity index is 1.54. The van der Waals surface area contributed by atoms with E-state index in [1.54, 1.807) is 12.1 Å². The molecule has 1 N–H and O–H groups in total.